The van der Waals surface area contributed by atoms with Crippen LogP contribution >= 0.6 is 34.5 Å². The Hall–Kier alpha value is -1.74. The molecule has 0 aliphatic heterocycles. The maximum atomic E-state index is 9.52. The molecule has 2 heterocycles. The van der Waals surface area contributed by atoms with Gasteiger partial charge in [-0.1, -0.05) is 48.8 Å². The number of aromatic nitrogens is 2. The predicted molar refractivity (Wildman–Crippen MR) is 156 cm³/mol. The van der Waals surface area contributed by atoms with Crippen LogP contribution in [0.15, 0.2) is 46.0 Å². The van der Waals surface area contributed by atoms with Crippen molar-refractivity contribution in [1.29, 1.82) is 0 Å². The van der Waals surface area contributed by atoms with E-state index in [1.54, 1.807) is 11.3 Å². The van der Waals surface area contributed by atoms with Crippen LogP contribution in [-0.2, 0) is 19.6 Å². The average molecular weight is 576 g/mol. The minimum absolute atomic E-state index is 0.0374. The number of rotatable bonds is 12. The van der Waals surface area contributed by atoms with E-state index in [9.17, 15) is 5.11 Å². The van der Waals surface area contributed by atoms with Crippen LogP contribution < -0.4 is 10.6 Å². The summed E-state index contributed by atoms with van der Waals surface area (Å²) in [5.74, 6) is 1.75. The van der Waals surface area contributed by atoms with Crippen LogP contribution in [0.2, 0.25) is 0 Å². The van der Waals surface area contributed by atoms with Gasteiger partial charge in [0.25, 0.3) is 0 Å². The van der Waals surface area contributed by atoms with Gasteiger partial charge in [-0.15, -0.1) is 22.9 Å². The lowest BCUT2D eigenvalue weighted by Gasteiger charge is -2.24. The smallest absolute Gasteiger partial charge is 0.144 e. The number of alkyl halides is 1. The Labute approximate surface area is 238 Å². The van der Waals surface area contributed by atoms with Crippen molar-refractivity contribution in [2.45, 2.75) is 82.5 Å². The van der Waals surface area contributed by atoms with Gasteiger partial charge in [0.15, 0.2) is 0 Å². The Morgan fingerprint density at radius 3 is 2.82 bits per heavy atom. The highest BCUT2D eigenvalue weighted by atomic mass is 35.5. The molecule has 204 valence electrons. The van der Waals surface area contributed by atoms with E-state index in [0.717, 1.165) is 63.6 Å². The fourth-order valence-electron chi connectivity index (χ4n) is 5.39. The predicted octanol–water partition coefficient (Wildman–Crippen LogP) is 6.37. The van der Waals surface area contributed by atoms with Crippen molar-refractivity contribution in [2.24, 2.45) is 5.92 Å². The molecule has 1 fully saturated rings. The molecule has 9 heteroatoms. The summed E-state index contributed by atoms with van der Waals surface area (Å²) in [5.41, 5.74) is 3.82. The number of thiazole rings is 1. The number of aliphatic hydroxyl groups is 1. The normalized spacial score (nSPS) is 24.5. The van der Waals surface area contributed by atoms with Crippen molar-refractivity contribution in [3.05, 3.63) is 69.0 Å². The molecule has 0 radical (unpaired) electrons. The molecule has 6 atom stereocenters. The highest BCUT2D eigenvalue weighted by molar-refractivity contribution is 7.18. The van der Waals surface area contributed by atoms with Gasteiger partial charge >= 0.3 is 0 Å². The second-order valence-electron chi connectivity index (χ2n) is 10.6. The molecule has 3 N–H and O–H groups in total. The highest BCUT2D eigenvalue weighted by Gasteiger charge is 2.42. The van der Waals surface area contributed by atoms with Gasteiger partial charge in [-0.05, 0) is 56.0 Å². The van der Waals surface area contributed by atoms with Crippen LogP contribution in [0.5, 0.6) is 0 Å². The van der Waals surface area contributed by atoms with Crippen LogP contribution in [0.25, 0.3) is 10.2 Å². The minimum Gasteiger partial charge on any atom is -0.392 e. The lowest BCUT2D eigenvalue weighted by atomic mass is 9.92. The summed E-state index contributed by atoms with van der Waals surface area (Å²) in [6.07, 6.45) is 8.63. The van der Waals surface area contributed by atoms with Crippen LogP contribution in [0.1, 0.15) is 73.0 Å². The molecule has 0 amide bonds. The summed E-state index contributed by atoms with van der Waals surface area (Å²) in [6, 6.07) is 6.51. The number of allylic oxidation sites excluding steroid dienone is 4. The molecule has 0 bridgehead atoms. The molecule has 6 nitrogen and oxygen atoms in total. The quantitative estimate of drug-likeness (QED) is 0.218. The van der Waals surface area contributed by atoms with E-state index in [1.165, 1.54) is 0 Å². The zero-order valence-electron chi connectivity index (χ0n) is 22.1. The number of nitrogens with one attached hydrogen (secondary N) is 2. The first-order valence-corrected chi connectivity index (χ1v) is 15.1. The van der Waals surface area contributed by atoms with Gasteiger partial charge < -0.3 is 20.3 Å². The summed E-state index contributed by atoms with van der Waals surface area (Å²) < 4.78 is 7.08. The van der Waals surface area contributed by atoms with Crippen molar-refractivity contribution in [3.8, 4) is 0 Å². The minimum atomic E-state index is -0.267. The first-order valence-electron chi connectivity index (χ1n) is 13.5. The van der Waals surface area contributed by atoms with Gasteiger partial charge in [0.2, 0.25) is 0 Å². The number of nitrogens with zero attached hydrogens (tertiary/aromatic N) is 2. The number of hydrogen-bond acceptors (Lipinski definition) is 7. The molecule has 2 aromatic heterocycles. The third-order valence-electron chi connectivity index (χ3n) is 7.61. The van der Waals surface area contributed by atoms with Crippen molar-refractivity contribution < 1.29 is 9.63 Å². The topological polar surface area (TPSA) is 83.2 Å². The molecule has 3 aromatic rings. The molecular formula is C29H36Cl2N4O2S. The maximum Gasteiger partial charge on any atom is 0.144 e. The number of aliphatic hydroxyl groups excluding tert-OH is 1. The van der Waals surface area contributed by atoms with E-state index >= 15 is 0 Å². The summed E-state index contributed by atoms with van der Waals surface area (Å²) in [5, 5.41) is 22.9. The SMILES string of the molecule is CCNC(C)CC(Cc1nc2ccc(CO)cc2s1)NCc1c(C2C(Cl)=CC=CC2Cl)noc1C1CC1C. The molecule has 0 spiro atoms. The van der Waals surface area contributed by atoms with Gasteiger partial charge in [0.05, 0.1) is 38.8 Å². The van der Waals surface area contributed by atoms with Gasteiger partial charge in [0, 0.05) is 41.6 Å². The zero-order chi connectivity index (χ0) is 26.8. The Balaban J connectivity index is 1.39. The maximum absolute atomic E-state index is 9.52. The number of halogens is 2. The van der Waals surface area contributed by atoms with Gasteiger partial charge in [-0.2, -0.15) is 0 Å². The molecule has 2 aliphatic rings. The zero-order valence-corrected chi connectivity index (χ0v) is 24.4. The van der Waals surface area contributed by atoms with Crippen LogP contribution in [0.4, 0.5) is 0 Å². The fourth-order valence-corrected chi connectivity index (χ4v) is 7.22. The standard InChI is InChI=1S/C29H36Cl2N4O2S/c1-4-32-17(3)11-19(13-26-34-24-9-8-18(15-36)12-25(24)38-26)33-14-21-28(27-22(30)6-5-7-23(27)31)35-37-29(21)20-10-16(20)2/h5-9,12,16-17,19-20,22,27,32-33,36H,4,10-11,13-15H2,1-3H3. The Kier molecular flexibility index (Phi) is 8.92. The number of fused-ring (bicyclic) bond motifs is 1. The first kappa shape index (κ1) is 27.8. The third-order valence-corrected chi connectivity index (χ3v) is 9.41. The molecule has 5 rings (SSSR count). The fraction of sp³-hybridized carbons (Fsp3) is 0.517. The molecule has 38 heavy (non-hydrogen) atoms. The lowest BCUT2D eigenvalue weighted by Crippen LogP contribution is -2.38. The van der Waals surface area contributed by atoms with E-state index in [4.69, 9.17) is 32.7 Å². The largest absolute Gasteiger partial charge is 0.392 e. The third kappa shape index (κ3) is 6.19. The Morgan fingerprint density at radius 1 is 1.29 bits per heavy atom. The van der Waals surface area contributed by atoms with Crippen LogP contribution in [0.3, 0.4) is 0 Å². The van der Waals surface area contributed by atoms with E-state index in [-0.39, 0.29) is 23.9 Å². The van der Waals surface area contributed by atoms with Crippen LogP contribution in [-0.4, -0.2) is 39.3 Å². The van der Waals surface area contributed by atoms with Gasteiger partial charge in [-0.25, -0.2) is 4.98 Å². The summed E-state index contributed by atoms with van der Waals surface area (Å²) in [7, 11) is 0. The summed E-state index contributed by atoms with van der Waals surface area (Å²) >= 11 is 15.0. The summed E-state index contributed by atoms with van der Waals surface area (Å²) in [4.78, 5) is 4.90. The van der Waals surface area contributed by atoms with E-state index in [2.05, 4.69) is 36.6 Å². The molecule has 1 aromatic carbocycles. The Morgan fingerprint density at radius 2 is 2.11 bits per heavy atom. The molecule has 0 saturated heterocycles. The van der Waals surface area contributed by atoms with Crippen molar-refractivity contribution in [2.75, 3.05) is 6.54 Å². The van der Waals surface area contributed by atoms with E-state index in [1.807, 2.05) is 36.4 Å². The second kappa shape index (κ2) is 12.2. The van der Waals surface area contributed by atoms with Crippen molar-refractivity contribution >= 4 is 44.8 Å². The second-order valence-corrected chi connectivity index (χ2v) is 12.7. The van der Waals surface area contributed by atoms with Crippen molar-refractivity contribution in [1.82, 2.24) is 20.8 Å². The molecule has 2 aliphatic carbocycles. The lowest BCUT2D eigenvalue weighted by molar-refractivity contribution is 0.282. The molecule has 1 saturated carbocycles. The summed E-state index contributed by atoms with van der Waals surface area (Å²) in [6.45, 7) is 8.21. The van der Waals surface area contributed by atoms with Crippen LogP contribution in [0, 0.1) is 5.92 Å². The Bertz CT molecular complexity index is 1320. The number of benzene rings is 1. The van der Waals surface area contributed by atoms with Gasteiger partial charge in [0.1, 0.15) is 5.76 Å². The molecular weight excluding hydrogens is 539 g/mol. The average Bonchev–Trinajstić information content (AvgIpc) is 3.28. The van der Waals surface area contributed by atoms with Gasteiger partial charge in [-0.3, -0.25) is 0 Å². The van der Waals surface area contributed by atoms with E-state index in [0.29, 0.717) is 29.5 Å². The molecule has 6 unspecified atom stereocenters. The van der Waals surface area contributed by atoms with Crippen molar-refractivity contribution in [3.63, 3.8) is 0 Å². The monoisotopic (exact) mass is 574 g/mol. The number of hydrogen-bond donors (Lipinski definition) is 3. The highest BCUT2D eigenvalue weighted by Crippen LogP contribution is 2.50. The first-order chi connectivity index (χ1) is 18.4. The van der Waals surface area contributed by atoms with E-state index < -0.39 is 0 Å².